The van der Waals surface area contributed by atoms with Gasteiger partial charge in [-0.15, -0.1) is 0 Å². The first-order valence-corrected chi connectivity index (χ1v) is 1.91. The summed E-state index contributed by atoms with van der Waals surface area (Å²) < 4.78 is 0. The summed E-state index contributed by atoms with van der Waals surface area (Å²) in [5.74, 6) is 0. The fourth-order valence-electron chi connectivity index (χ4n) is 0.442. The average Bonchev–Trinajstić information content (AvgIpc) is 1.76. The molecule has 0 atom stereocenters. The van der Waals surface area contributed by atoms with Crippen molar-refractivity contribution in [2.75, 3.05) is 19.8 Å². The van der Waals surface area contributed by atoms with Crippen LogP contribution in [0.3, 0.4) is 0 Å². The Balaban J connectivity index is 0.000000250. The Morgan fingerprint density at radius 3 is 1.67 bits per heavy atom. The van der Waals surface area contributed by atoms with Gasteiger partial charge >= 0.3 is 29.6 Å². The second kappa shape index (κ2) is 4.09. The fourth-order valence-corrected chi connectivity index (χ4v) is 0.442. The summed E-state index contributed by atoms with van der Waals surface area (Å²) in [4.78, 5) is 0. The topological polar surface area (TPSA) is 24.1 Å². The summed E-state index contributed by atoms with van der Waals surface area (Å²) in [5, 5.41) is 6.22. The van der Waals surface area contributed by atoms with Gasteiger partial charge in [0.1, 0.15) is 0 Å². The van der Waals surface area contributed by atoms with E-state index in [1.807, 2.05) is 0 Å². The van der Waals surface area contributed by atoms with Crippen LogP contribution in [0, 0.1) is 0 Å². The van der Waals surface area contributed by atoms with Crippen molar-refractivity contribution in [3.63, 3.8) is 0 Å². The summed E-state index contributed by atoms with van der Waals surface area (Å²) >= 11 is 0. The van der Waals surface area contributed by atoms with E-state index >= 15 is 0 Å². The van der Waals surface area contributed by atoms with Crippen LogP contribution in [-0.2, 0) is 0 Å². The van der Waals surface area contributed by atoms with Crippen molar-refractivity contribution in [3.05, 3.63) is 0 Å². The first kappa shape index (κ1) is 6.92. The first-order valence-electron chi connectivity index (χ1n) is 1.91. The van der Waals surface area contributed by atoms with Crippen LogP contribution in [-0.4, -0.2) is 49.3 Å². The van der Waals surface area contributed by atoms with Crippen molar-refractivity contribution in [2.24, 2.45) is 0 Å². The third kappa shape index (κ3) is 2.16. The standard InChI is InChI=1S/C3H8N2.Na.H/c1-2-5-3-4-1;;/h4-5H,1-3H2;;. The molecule has 0 amide bonds. The SMILES string of the molecule is C1CNCN1.[NaH]. The molecule has 6 heavy (non-hydrogen) atoms. The van der Waals surface area contributed by atoms with Gasteiger partial charge in [0, 0.05) is 19.8 Å². The zero-order valence-electron chi connectivity index (χ0n) is 3.12. The Bertz CT molecular complexity index is 20.4. The van der Waals surface area contributed by atoms with E-state index < -0.39 is 0 Å². The second-order valence-corrected chi connectivity index (χ2v) is 1.18. The summed E-state index contributed by atoms with van der Waals surface area (Å²) in [6.45, 7) is 3.28. The predicted octanol–water partition coefficient (Wildman–Crippen LogP) is -1.51. The van der Waals surface area contributed by atoms with Crippen LogP contribution in [0.4, 0.5) is 0 Å². The Kier molecular flexibility index (Phi) is 4.72. The molecule has 1 aliphatic rings. The number of hydrogen-bond acceptors (Lipinski definition) is 2. The Morgan fingerprint density at radius 1 is 1.00 bits per heavy atom. The van der Waals surface area contributed by atoms with Crippen LogP contribution >= 0.6 is 0 Å². The molecule has 2 N–H and O–H groups in total. The van der Waals surface area contributed by atoms with Gasteiger partial charge in [-0.1, -0.05) is 0 Å². The van der Waals surface area contributed by atoms with Crippen LogP contribution < -0.4 is 10.6 Å². The summed E-state index contributed by atoms with van der Waals surface area (Å²) in [5.41, 5.74) is 0. The van der Waals surface area contributed by atoms with Crippen LogP contribution in [0.25, 0.3) is 0 Å². The van der Waals surface area contributed by atoms with Gasteiger partial charge in [0.2, 0.25) is 0 Å². The Labute approximate surface area is 60.0 Å². The van der Waals surface area contributed by atoms with Gasteiger partial charge in [-0.25, -0.2) is 0 Å². The normalized spacial score (nSPS) is 20.0. The van der Waals surface area contributed by atoms with E-state index in [9.17, 15) is 0 Å². The molecule has 1 fully saturated rings. The number of nitrogens with one attached hydrogen (secondary N) is 2. The summed E-state index contributed by atoms with van der Waals surface area (Å²) in [6, 6.07) is 0. The van der Waals surface area contributed by atoms with Crippen molar-refractivity contribution in [3.8, 4) is 0 Å². The third-order valence-corrected chi connectivity index (χ3v) is 0.729. The van der Waals surface area contributed by atoms with Crippen LogP contribution in [0.1, 0.15) is 0 Å². The molecule has 0 aromatic carbocycles. The van der Waals surface area contributed by atoms with E-state index in [2.05, 4.69) is 10.6 Å². The fraction of sp³-hybridized carbons (Fsp3) is 1.00. The Hall–Kier alpha value is 0.920. The molecule has 0 spiro atoms. The molecule has 3 heteroatoms. The van der Waals surface area contributed by atoms with Crippen LogP contribution in [0.15, 0.2) is 0 Å². The minimum atomic E-state index is 0. The molecular weight excluding hydrogens is 87.0 g/mol. The molecule has 1 heterocycles. The van der Waals surface area contributed by atoms with Crippen molar-refractivity contribution < 1.29 is 0 Å². The van der Waals surface area contributed by atoms with Gasteiger partial charge in [-0.3, -0.25) is 0 Å². The molecule has 1 rings (SSSR count). The first-order chi connectivity index (χ1) is 2.50. The van der Waals surface area contributed by atoms with Gasteiger partial charge in [-0.2, -0.15) is 0 Å². The molecule has 32 valence electrons. The van der Waals surface area contributed by atoms with Crippen molar-refractivity contribution in [1.82, 2.24) is 10.6 Å². The summed E-state index contributed by atoms with van der Waals surface area (Å²) in [6.07, 6.45) is 0. The predicted molar refractivity (Wildman–Crippen MR) is 28.0 cm³/mol. The molecular formula is C3H9N2Na. The zero-order valence-corrected chi connectivity index (χ0v) is 3.12. The molecule has 1 aliphatic heterocycles. The molecule has 0 saturated carbocycles. The van der Waals surface area contributed by atoms with Gasteiger partial charge in [0.25, 0.3) is 0 Å². The zero-order chi connectivity index (χ0) is 3.54. The minimum absolute atomic E-state index is 0. The van der Waals surface area contributed by atoms with Crippen LogP contribution in [0.5, 0.6) is 0 Å². The average molecular weight is 96.1 g/mol. The van der Waals surface area contributed by atoms with E-state index in [0.29, 0.717) is 0 Å². The van der Waals surface area contributed by atoms with Crippen molar-refractivity contribution >= 4 is 29.6 Å². The molecule has 0 aliphatic carbocycles. The van der Waals surface area contributed by atoms with Crippen molar-refractivity contribution in [2.45, 2.75) is 0 Å². The van der Waals surface area contributed by atoms with E-state index in [1.165, 1.54) is 0 Å². The molecule has 2 nitrogen and oxygen atoms in total. The molecule has 0 aromatic heterocycles. The quantitative estimate of drug-likeness (QED) is 0.358. The second-order valence-electron chi connectivity index (χ2n) is 1.18. The molecule has 0 unspecified atom stereocenters. The number of rotatable bonds is 0. The molecule has 0 radical (unpaired) electrons. The Morgan fingerprint density at radius 2 is 1.50 bits per heavy atom. The molecule has 0 bridgehead atoms. The molecule has 1 saturated heterocycles. The van der Waals surface area contributed by atoms with E-state index in [4.69, 9.17) is 0 Å². The van der Waals surface area contributed by atoms with Gasteiger partial charge in [0.05, 0.1) is 0 Å². The summed E-state index contributed by atoms with van der Waals surface area (Å²) in [7, 11) is 0. The van der Waals surface area contributed by atoms with Gasteiger partial charge < -0.3 is 10.6 Å². The maximum absolute atomic E-state index is 3.11. The van der Waals surface area contributed by atoms with Gasteiger partial charge in [0.15, 0.2) is 0 Å². The van der Waals surface area contributed by atoms with Crippen LogP contribution in [0.2, 0.25) is 0 Å². The third-order valence-electron chi connectivity index (χ3n) is 0.729. The van der Waals surface area contributed by atoms with Crippen molar-refractivity contribution in [1.29, 1.82) is 0 Å². The molecule has 0 aromatic rings. The monoisotopic (exact) mass is 96.1 g/mol. The van der Waals surface area contributed by atoms with Gasteiger partial charge in [-0.05, 0) is 0 Å². The van der Waals surface area contributed by atoms with E-state index in [0.717, 1.165) is 19.8 Å². The maximum atomic E-state index is 3.11. The number of hydrogen-bond donors (Lipinski definition) is 2. The van der Waals surface area contributed by atoms with E-state index in [1.54, 1.807) is 0 Å². The van der Waals surface area contributed by atoms with E-state index in [-0.39, 0.29) is 29.6 Å².